The third kappa shape index (κ3) is 3.06. The molecule has 1 N–H and O–H groups in total. The van der Waals surface area contributed by atoms with E-state index in [2.05, 4.69) is 10.4 Å². The van der Waals surface area contributed by atoms with Crippen LogP contribution >= 0.6 is 0 Å². The quantitative estimate of drug-likeness (QED) is 0.871. The molecule has 4 aliphatic carbocycles. The Labute approximate surface area is 159 Å². The molecular weight excluding hydrogens is 344 g/mol. The Hall–Kier alpha value is -1.89. The fraction of sp³-hybridized carbons (Fsp3) is 0.750. The maximum absolute atomic E-state index is 13.0. The first-order valence-electron chi connectivity index (χ1n) is 10.3. The molecule has 1 aromatic heterocycles. The summed E-state index contributed by atoms with van der Waals surface area (Å²) in [4.78, 5) is 27.3. The first-order valence-corrected chi connectivity index (χ1v) is 10.3. The molecule has 5 fully saturated rings. The summed E-state index contributed by atoms with van der Waals surface area (Å²) in [5.74, 6) is 2.82. The second-order valence-electron chi connectivity index (χ2n) is 8.87. The first kappa shape index (κ1) is 17.2. The SMILES string of the molecule is Cn1nc(C(=O)N2CCOCC2)cc1C(=O)NC1C2CC3CC(C2)CC1C3. The number of carbonyl (C=O) groups is 2. The molecule has 1 saturated heterocycles. The summed E-state index contributed by atoms with van der Waals surface area (Å²) in [6, 6.07) is 1.93. The monoisotopic (exact) mass is 372 g/mol. The highest BCUT2D eigenvalue weighted by molar-refractivity contribution is 5.98. The van der Waals surface area contributed by atoms with Gasteiger partial charge in [-0.2, -0.15) is 5.10 Å². The van der Waals surface area contributed by atoms with E-state index in [-0.39, 0.29) is 11.8 Å². The predicted octanol–water partition coefficient (Wildman–Crippen LogP) is 1.45. The highest BCUT2D eigenvalue weighted by Gasteiger charge is 2.48. The molecule has 2 amide bonds. The smallest absolute Gasteiger partial charge is 0.274 e. The molecule has 0 atom stereocenters. The fourth-order valence-electron chi connectivity index (χ4n) is 6.10. The topological polar surface area (TPSA) is 76.5 Å². The van der Waals surface area contributed by atoms with Crippen LogP contribution in [0.15, 0.2) is 6.07 Å². The van der Waals surface area contributed by atoms with Crippen LogP contribution in [0.25, 0.3) is 0 Å². The van der Waals surface area contributed by atoms with Crippen LogP contribution in [-0.2, 0) is 11.8 Å². The van der Waals surface area contributed by atoms with Crippen LogP contribution in [0.5, 0.6) is 0 Å². The van der Waals surface area contributed by atoms with Gasteiger partial charge in [-0.1, -0.05) is 0 Å². The van der Waals surface area contributed by atoms with Crippen molar-refractivity contribution in [1.29, 1.82) is 0 Å². The zero-order valence-electron chi connectivity index (χ0n) is 15.9. The number of rotatable bonds is 3. The minimum Gasteiger partial charge on any atom is -0.378 e. The number of nitrogens with zero attached hydrogens (tertiary/aromatic N) is 3. The number of amides is 2. The molecule has 0 aromatic carbocycles. The standard InChI is InChI=1S/C20H28N4O3/c1-23-17(11-16(22-23)20(26)24-2-4-27-5-3-24)19(25)21-18-14-7-12-6-13(9-14)10-15(18)8-12/h11-15,18H,2-10H2,1H3,(H,21,25). The zero-order valence-corrected chi connectivity index (χ0v) is 15.9. The minimum atomic E-state index is -0.123. The predicted molar refractivity (Wildman–Crippen MR) is 98.2 cm³/mol. The highest BCUT2D eigenvalue weighted by atomic mass is 16.5. The summed E-state index contributed by atoms with van der Waals surface area (Å²) in [7, 11) is 1.74. The molecule has 2 heterocycles. The number of carbonyl (C=O) groups excluding carboxylic acids is 2. The lowest BCUT2D eigenvalue weighted by atomic mass is 9.54. The molecule has 7 nitrogen and oxygen atoms in total. The maximum atomic E-state index is 13.0. The van der Waals surface area contributed by atoms with Crippen molar-refractivity contribution < 1.29 is 14.3 Å². The van der Waals surface area contributed by atoms with Gasteiger partial charge in [-0.15, -0.1) is 0 Å². The number of aromatic nitrogens is 2. The van der Waals surface area contributed by atoms with Crippen molar-refractivity contribution in [2.45, 2.75) is 38.1 Å². The van der Waals surface area contributed by atoms with E-state index in [1.165, 1.54) is 32.1 Å². The van der Waals surface area contributed by atoms with Gasteiger partial charge < -0.3 is 15.0 Å². The van der Waals surface area contributed by atoms with Crippen LogP contribution < -0.4 is 5.32 Å². The van der Waals surface area contributed by atoms with Crippen LogP contribution in [0, 0.1) is 23.7 Å². The highest BCUT2D eigenvalue weighted by Crippen LogP contribution is 2.53. The average molecular weight is 372 g/mol. The number of hydrogen-bond donors (Lipinski definition) is 1. The molecule has 4 bridgehead atoms. The Morgan fingerprint density at radius 1 is 1.07 bits per heavy atom. The van der Waals surface area contributed by atoms with Gasteiger partial charge in [0, 0.05) is 32.2 Å². The first-order chi connectivity index (χ1) is 13.1. The lowest BCUT2D eigenvalue weighted by molar-refractivity contribution is -0.0120. The summed E-state index contributed by atoms with van der Waals surface area (Å²) in [5, 5.41) is 7.62. The van der Waals surface area contributed by atoms with E-state index in [4.69, 9.17) is 4.74 Å². The van der Waals surface area contributed by atoms with Gasteiger partial charge in [-0.25, -0.2) is 0 Å². The Bertz CT molecular complexity index is 724. The summed E-state index contributed by atoms with van der Waals surface area (Å²) in [6.07, 6.45) is 6.48. The van der Waals surface area contributed by atoms with Crippen molar-refractivity contribution in [3.8, 4) is 0 Å². The molecule has 146 valence electrons. The summed E-state index contributed by atoms with van der Waals surface area (Å²) in [6.45, 7) is 2.26. The zero-order chi connectivity index (χ0) is 18.5. The lowest BCUT2D eigenvalue weighted by Gasteiger charge is -2.54. The number of ether oxygens (including phenoxy) is 1. The van der Waals surface area contributed by atoms with E-state index in [0.717, 1.165) is 11.8 Å². The molecule has 0 spiro atoms. The molecule has 0 radical (unpaired) electrons. The van der Waals surface area contributed by atoms with Gasteiger partial charge in [0.2, 0.25) is 0 Å². The molecule has 7 heteroatoms. The number of morpholine rings is 1. The minimum absolute atomic E-state index is 0.0940. The third-order valence-corrected chi connectivity index (χ3v) is 7.15. The molecule has 27 heavy (non-hydrogen) atoms. The van der Waals surface area contributed by atoms with Crippen molar-refractivity contribution in [3.63, 3.8) is 0 Å². The molecule has 0 unspecified atom stereocenters. The van der Waals surface area contributed by atoms with Crippen molar-refractivity contribution in [1.82, 2.24) is 20.0 Å². The van der Waals surface area contributed by atoms with E-state index in [9.17, 15) is 9.59 Å². The normalized spacial score (nSPS) is 34.7. The molecule has 1 aromatic rings. The van der Waals surface area contributed by atoms with Gasteiger partial charge in [0.05, 0.1) is 13.2 Å². The Balaban J connectivity index is 1.29. The van der Waals surface area contributed by atoms with Gasteiger partial charge >= 0.3 is 0 Å². The van der Waals surface area contributed by atoms with E-state index < -0.39 is 0 Å². The van der Waals surface area contributed by atoms with Crippen LogP contribution in [-0.4, -0.2) is 58.8 Å². The van der Waals surface area contributed by atoms with Crippen LogP contribution in [0.2, 0.25) is 0 Å². The largest absolute Gasteiger partial charge is 0.378 e. The number of nitrogens with one attached hydrogen (secondary N) is 1. The van der Waals surface area contributed by atoms with Crippen molar-refractivity contribution in [2.75, 3.05) is 26.3 Å². The van der Waals surface area contributed by atoms with Gasteiger partial charge in [-0.3, -0.25) is 14.3 Å². The van der Waals surface area contributed by atoms with Gasteiger partial charge in [0.15, 0.2) is 5.69 Å². The second kappa shape index (κ2) is 6.62. The lowest BCUT2D eigenvalue weighted by Crippen LogP contribution is -2.56. The Kier molecular flexibility index (Phi) is 4.22. The van der Waals surface area contributed by atoms with Gasteiger partial charge in [-0.05, 0) is 55.8 Å². The van der Waals surface area contributed by atoms with Crippen LogP contribution in [0.4, 0.5) is 0 Å². The Morgan fingerprint density at radius 2 is 1.70 bits per heavy atom. The molecule has 1 aliphatic heterocycles. The van der Waals surface area contributed by atoms with Crippen molar-refractivity contribution in [2.24, 2.45) is 30.7 Å². The van der Waals surface area contributed by atoms with Crippen molar-refractivity contribution >= 4 is 11.8 Å². The van der Waals surface area contributed by atoms with E-state index in [0.29, 0.717) is 55.6 Å². The van der Waals surface area contributed by atoms with E-state index in [1.54, 1.807) is 22.7 Å². The summed E-state index contributed by atoms with van der Waals surface area (Å²) < 4.78 is 6.84. The van der Waals surface area contributed by atoms with E-state index in [1.807, 2.05) is 0 Å². The number of hydrogen-bond acceptors (Lipinski definition) is 4. The fourth-order valence-corrected chi connectivity index (χ4v) is 6.10. The molecule has 5 aliphatic rings. The van der Waals surface area contributed by atoms with Crippen LogP contribution in [0.1, 0.15) is 53.1 Å². The number of aryl methyl sites for hydroxylation is 1. The Morgan fingerprint density at radius 3 is 2.33 bits per heavy atom. The van der Waals surface area contributed by atoms with Gasteiger partial charge in [0.25, 0.3) is 11.8 Å². The van der Waals surface area contributed by atoms with Crippen LogP contribution in [0.3, 0.4) is 0 Å². The summed E-state index contributed by atoms with van der Waals surface area (Å²) in [5.41, 5.74) is 0.815. The van der Waals surface area contributed by atoms with Gasteiger partial charge in [0.1, 0.15) is 5.69 Å². The molecule has 6 rings (SSSR count). The third-order valence-electron chi connectivity index (χ3n) is 7.15. The molecular formula is C20H28N4O3. The average Bonchev–Trinajstić information content (AvgIpc) is 3.06. The summed E-state index contributed by atoms with van der Waals surface area (Å²) >= 11 is 0. The van der Waals surface area contributed by atoms with Crippen molar-refractivity contribution in [3.05, 3.63) is 17.5 Å². The second-order valence-corrected chi connectivity index (χ2v) is 8.87. The molecule has 4 saturated carbocycles. The maximum Gasteiger partial charge on any atom is 0.274 e. The van der Waals surface area contributed by atoms with E-state index >= 15 is 0 Å².